The Bertz CT molecular complexity index is 1690. The van der Waals surface area contributed by atoms with Crippen LogP contribution in [0.3, 0.4) is 0 Å². The van der Waals surface area contributed by atoms with Crippen molar-refractivity contribution < 1.29 is 0 Å². The molecule has 5 rings (SSSR count). The van der Waals surface area contributed by atoms with Crippen LogP contribution in [-0.4, -0.2) is 24.7 Å². The Kier molecular flexibility index (Phi) is 5.84. The molecular formula is C27H22N8O. The number of aryl methyl sites for hydroxylation is 1. The number of nitrogen functional groups attached to an aromatic ring is 1. The van der Waals surface area contributed by atoms with Gasteiger partial charge in [-0.05, 0) is 49.1 Å². The summed E-state index contributed by atoms with van der Waals surface area (Å²) < 4.78 is 1.68. The summed E-state index contributed by atoms with van der Waals surface area (Å²) in [7, 11) is 0. The van der Waals surface area contributed by atoms with Gasteiger partial charge >= 0.3 is 0 Å². The van der Waals surface area contributed by atoms with E-state index in [0.717, 1.165) is 27.9 Å². The number of hydrogen-bond acceptors (Lipinski definition) is 8. The molecule has 0 aliphatic carbocycles. The quantitative estimate of drug-likeness (QED) is 0.387. The van der Waals surface area contributed by atoms with Gasteiger partial charge in [0.15, 0.2) is 0 Å². The van der Waals surface area contributed by atoms with Crippen LogP contribution in [0.1, 0.15) is 29.9 Å². The van der Waals surface area contributed by atoms with Crippen molar-refractivity contribution in [3.8, 4) is 22.9 Å². The van der Waals surface area contributed by atoms with Gasteiger partial charge in [-0.2, -0.15) is 20.4 Å². The van der Waals surface area contributed by atoms with Crippen molar-refractivity contribution in [1.29, 1.82) is 5.26 Å². The van der Waals surface area contributed by atoms with Crippen LogP contribution in [0, 0.1) is 18.3 Å². The number of nitriles is 1. The summed E-state index contributed by atoms with van der Waals surface area (Å²) >= 11 is 0. The van der Waals surface area contributed by atoms with Gasteiger partial charge in [0.25, 0.3) is 5.56 Å². The first-order chi connectivity index (χ1) is 17.5. The molecule has 9 nitrogen and oxygen atoms in total. The highest BCUT2D eigenvalue weighted by Gasteiger charge is 2.20. The van der Waals surface area contributed by atoms with Crippen molar-refractivity contribution in [3.05, 3.63) is 100 Å². The largest absolute Gasteiger partial charge is 0.368 e. The van der Waals surface area contributed by atoms with Gasteiger partial charge in [0.05, 0.1) is 29.5 Å². The van der Waals surface area contributed by atoms with Crippen LogP contribution >= 0.6 is 0 Å². The summed E-state index contributed by atoms with van der Waals surface area (Å²) in [5, 5.41) is 22.2. The van der Waals surface area contributed by atoms with E-state index in [4.69, 9.17) is 5.73 Å². The van der Waals surface area contributed by atoms with Crippen LogP contribution in [0.2, 0.25) is 0 Å². The van der Waals surface area contributed by atoms with Gasteiger partial charge in [0.1, 0.15) is 17.5 Å². The number of nitrogens with one attached hydrogen (secondary N) is 1. The second-order valence-corrected chi connectivity index (χ2v) is 8.37. The topological polar surface area (TPSA) is 135 Å². The Labute approximate surface area is 206 Å². The number of pyridine rings is 1. The monoisotopic (exact) mass is 474 g/mol. The third kappa shape index (κ3) is 4.12. The molecule has 0 aliphatic rings. The van der Waals surface area contributed by atoms with Crippen molar-refractivity contribution in [1.82, 2.24) is 24.7 Å². The predicted octanol–water partition coefficient (Wildman–Crippen LogP) is 4.17. The Morgan fingerprint density at radius 1 is 1.08 bits per heavy atom. The lowest BCUT2D eigenvalue weighted by Crippen LogP contribution is -2.26. The molecule has 0 bridgehead atoms. The van der Waals surface area contributed by atoms with E-state index >= 15 is 0 Å². The number of para-hydroxylation sites is 1. The average molecular weight is 475 g/mol. The second kappa shape index (κ2) is 9.27. The van der Waals surface area contributed by atoms with E-state index in [0.29, 0.717) is 16.9 Å². The Morgan fingerprint density at radius 2 is 1.89 bits per heavy atom. The van der Waals surface area contributed by atoms with Crippen LogP contribution < -0.4 is 16.6 Å². The SMILES string of the molecule is Cc1cc(-c2cccc3cc(C(C)Nc4nc(N)ncc4C#N)n(-c4ccccc4)c(=O)c23)cnn1. The maximum atomic E-state index is 14.2. The highest BCUT2D eigenvalue weighted by Crippen LogP contribution is 2.30. The first-order valence-corrected chi connectivity index (χ1v) is 11.3. The van der Waals surface area contributed by atoms with Crippen molar-refractivity contribution in [2.24, 2.45) is 0 Å². The van der Waals surface area contributed by atoms with Gasteiger partial charge in [-0.15, -0.1) is 0 Å². The number of benzene rings is 2. The molecule has 0 amide bonds. The first kappa shape index (κ1) is 22.7. The van der Waals surface area contributed by atoms with Gasteiger partial charge in [-0.1, -0.05) is 36.4 Å². The average Bonchev–Trinajstić information content (AvgIpc) is 2.89. The van der Waals surface area contributed by atoms with E-state index in [2.05, 4.69) is 31.6 Å². The molecule has 3 N–H and O–H groups in total. The molecule has 3 heterocycles. The lowest BCUT2D eigenvalue weighted by molar-refractivity contribution is 0.772. The van der Waals surface area contributed by atoms with E-state index in [9.17, 15) is 10.1 Å². The van der Waals surface area contributed by atoms with Crippen molar-refractivity contribution in [3.63, 3.8) is 0 Å². The molecule has 36 heavy (non-hydrogen) atoms. The molecule has 9 heteroatoms. The minimum Gasteiger partial charge on any atom is -0.368 e. The number of fused-ring (bicyclic) bond motifs is 1. The molecule has 0 fully saturated rings. The fourth-order valence-electron chi connectivity index (χ4n) is 4.27. The summed E-state index contributed by atoms with van der Waals surface area (Å²) in [6.45, 7) is 3.77. The summed E-state index contributed by atoms with van der Waals surface area (Å²) in [5.74, 6) is 0.352. The molecule has 0 radical (unpaired) electrons. The minimum atomic E-state index is -0.405. The fourth-order valence-corrected chi connectivity index (χ4v) is 4.27. The summed E-state index contributed by atoms with van der Waals surface area (Å²) in [6, 6.07) is 20.7. The van der Waals surface area contributed by atoms with Gasteiger partial charge in [-0.3, -0.25) is 9.36 Å². The van der Waals surface area contributed by atoms with Gasteiger partial charge in [0.2, 0.25) is 5.95 Å². The number of hydrogen-bond donors (Lipinski definition) is 2. The van der Waals surface area contributed by atoms with Crippen LogP contribution in [0.5, 0.6) is 0 Å². The van der Waals surface area contributed by atoms with Crippen LogP contribution in [-0.2, 0) is 0 Å². The molecule has 3 aromatic heterocycles. The van der Waals surface area contributed by atoms with Crippen LogP contribution in [0.25, 0.3) is 27.6 Å². The normalized spacial score (nSPS) is 11.7. The Balaban J connectivity index is 1.75. The smallest absolute Gasteiger partial charge is 0.263 e. The van der Waals surface area contributed by atoms with Crippen molar-refractivity contribution in [2.45, 2.75) is 19.9 Å². The van der Waals surface area contributed by atoms with Crippen molar-refractivity contribution in [2.75, 3.05) is 11.1 Å². The van der Waals surface area contributed by atoms with Crippen LogP contribution in [0.4, 0.5) is 11.8 Å². The number of nitrogens with zero attached hydrogens (tertiary/aromatic N) is 6. The highest BCUT2D eigenvalue weighted by atomic mass is 16.1. The minimum absolute atomic E-state index is 0.0496. The number of nitrogens with two attached hydrogens (primary N) is 1. The zero-order valence-electron chi connectivity index (χ0n) is 19.7. The van der Waals surface area contributed by atoms with Gasteiger partial charge < -0.3 is 11.1 Å². The van der Waals surface area contributed by atoms with Gasteiger partial charge in [0, 0.05) is 16.9 Å². The standard InChI is InChI=1S/C27H22N8O/c1-16-11-19(15-31-34-16)22-10-6-7-18-12-23(17(2)32-25-20(13-28)14-30-27(29)33-25)35(26(36)24(18)22)21-8-4-3-5-9-21/h3-12,14-15,17H,1-2H3,(H3,29,30,32,33). The molecule has 176 valence electrons. The lowest BCUT2D eigenvalue weighted by atomic mass is 9.98. The summed E-state index contributed by atoms with van der Waals surface area (Å²) in [5.41, 5.74) is 9.62. The highest BCUT2D eigenvalue weighted by molar-refractivity contribution is 5.96. The number of rotatable bonds is 5. The predicted molar refractivity (Wildman–Crippen MR) is 139 cm³/mol. The number of anilines is 2. The van der Waals surface area contributed by atoms with E-state index in [1.54, 1.807) is 10.8 Å². The fraction of sp³-hybridized carbons (Fsp3) is 0.111. The van der Waals surface area contributed by atoms with E-state index in [1.807, 2.05) is 74.5 Å². The second-order valence-electron chi connectivity index (χ2n) is 8.37. The Hall–Kier alpha value is -5.10. The molecule has 0 saturated heterocycles. The molecule has 5 aromatic rings. The molecule has 2 aromatic carbocycles. The maximum Gasteiger partial charge on any atom is 0.263 e. The number of aromatic nitrogens is 5. The van der Waals surface area contributed by atoms with Crippen LogP contribution in [0.15, 0.2) is 77.9 Å². The zero-order valence-corrected chi connectivity index (χ0v) is 19.7. The summed E-state index contributed by atoms with van der Waals surface area (Å²) in [6.07, 6.45) is 3.04. The zero-order chi connectivity index (χ0) is 25.2. The lowest BCUT2D eigenvalue weighted by Gasteiger charge is -2.22. The van der Waals surface area contributed by atoms with E-state index in [1.165, 1.54) is 6.20 Å². The molecule has 1 atom stereocenters. The third-order valence-electron chi connectivity index (χ3n) is 5.90. The van der Waals surface area contributed by atoms with E-state index in [-0.39, 0.29) is 17.1 Å². The Morgan fingerprint density at radius 3 is 2.64 bits per heavy atom. The molecular weight excluding hydrogens is 452 g/mol. The van der Waals surface area contributed by atoms with E-state index < -0.39 is 6.04 Å². The molecule has 1 unspecified atom stereocenters. The third-order valence-corrected chi connectivity index (χ3v) is 5.90. The summed E-state index contributed by atoms with van der Waals surface area (Å²) in [4.78, 5) is 22.3. The van der Waals surface area contributed by atoms with Gasteiger partial charge in [-0.25, -0.2) is 4.98 Å². The maximum absolute atomic E-state index is 14.2. The molecule has 0 spiro atoms. The van der Waals surface area contributed by atoms with Crippen molar-refractivity contribution >= 4 is 22.5 Å². The first-order valence-electron chi connectivity index (χ1n) is 11.3. The molecule has 0 aliphatic heterocycles. The molecule has 0 saturated carbocycles.